The van der Waals surface area contributed by atoms with Crippen LogP contribution in [0.2, 0.25) is 0 Å². The minimum atomic E-state index is -0.608. The van der Waals surface area contributed by atoms with Gasteiger partial charge in [0.2, 0.25) is 0 Å². The summed E-state index contributed by atoms with van der Waals surface area (Å²) in [6, 6.07) is -0.585. The monoisotopic (exact) mass is 329 g/mol. The average molecular weight is 329 g/mol. The Kier molecular flexibility index (Phi) is 9.53. The van der Waals surface area contributed by atoms with Gasteiger partial charge in [0.1, 0.15) is 12.0 Å². The van der Waals surface area contributed by atoms with E-state index in [4.69, 9.17) is 9.47 Å². The van der Waals surface area contributed by atoms with Gasteiger partial charge in [0, 0.05) is 6.54 Å². The van der Waals surface area contributed by atoms with Crippen LogP contribution in [0.15, 0.2) is 0 Å². The molecule has 6 nitrogen and oxygen atoms in total. The topological polar surface area (TPSA) is 72.9 Å². The van der Waals surface area contributed by atoms with Crippen molar-refractivity contribution in [1.82, 2.24) is 4.90 Å². The van der Waals surface area contributed by atoms with Crippen molar-refractivity contribution in [2.24, 2.45) is 0 Å². The fraction of sp³-hybridized carbons (Fsp3) is 0.824. The van der Waals surface area contributed by atoms with Crippen molar-refractivity contribution in [2.75, 3.05) is 13.2 Å². The quantitative estimate of drug-likeness (QED) is 0.584. The Balaban J connectivity index is 0.00000232. The van der Waals surface area contributed by atoms with E-state index in [1.54, 1.807) is 27.7 Å². The summed E-state index contributed by atoms with van der Waals surface area (Å²) in [6.07, 6.45) is 1.47. The van der Waals surface area contributed by atoms with Crippen molar-refractivity contribution in [2.45, 2.75) is 78.9 Å². The van der Waals surface area contributed by atoms with Crippen LogP contribution in [0.25, 0.3) is 0 Å². The highest BCUT2D eigenvalue weighted by molar-refractivity contribution is 5.99. The summed E-state index contributed by atoms with van der Waals surface area (Å²) in [5.41, 5.74) is -0.608. The first-order chi connectivity index (χ1) is 10.7. The van der Waals surface area contributed by atoms with Crippen molar-refractivity contribution in [3.63, 3.8) is 0 Å². The smallest absolute Gasteiger partial charge is 0.410 e. The van der Waals surface area contributed by atoms with E-state index < -0.39 is 23.7 Å². The number of rotatable bonds is 4. The Bertz CT molecular complexity index is 400. The summed E-state index contributed by atoms with van der Waals surface area (Å²) in [5, 5.41) is 0. The van der Waals surface area contributed by atoms with Gasteiger partial charge in [-0.15, -0.1) is 0 Å². The first kappa shape index (κ1) is 21.4. The number of nitrogens with zero attached hydrogens (tertiary/aromatic N) is 1. The van der Waals surface area contributed by atoms with Gasteiger partial charge in [0.05, 0.1) is 12.6 Å². The van der Waals surface area contributed by atoms with Crippen LogP contribution < -0.4 is 0 Å². The Morgan fingerprint density at radius 1 is 1.13 bits per heavy atom. The van der Waals surface area contributed by atoms with Crippen LogP contribution in [0.3, 0.4) is 0 Å². The van der Waals surface area contributed by atoms with Crippen molar-refractivity contribution in [3.05, 3.63) is 0 Å². The van der Waals surface area contributed by atoms with Gasteiger partial charge in [0.25, 0.3) is 0 Å². The first-order valence-electron chi connectivity index (χ1n) is 8.42. The largest absolute Gasteiger partial charge is 0.466 e. The number of ketones is 1. The molecule has 0 aromatic carbocycles. The lowest BCUT2D eigenvalue weighted by molar-refractivity contribution is -0.146. The minimum absolute atomic E-state index is 0.243. The predicted molar refractivity (Wildman–Crippen MR) is 88.2 cm³/mol. The highest BCUT2D eigenvalue weighted by Crippen LogP contribution is 2.22. The minimum Gasteiger partial charge on any atom is -0.466 e. The van der Waals surface area contributed by atoms with Crippen molar-refractivity contribution in [1.29, 1.82) is 0 Å². The molecule has 1 fully saturated rings. The highest BCUT2D eigenvalue weighted by Gasteiger charge is 2.35. The van der Waals surface area contributed by atoms with Crippen LogP contribution in [0.5, 0.6) is 0 Å². The van der Waals surface area contributed by atoms with E-state index in [2.05, 4.69) is 0 Å². The van der Waals surface area contributed by atoms with E-state index in [-0.39, 0.29) is 18.8 Å². The first-order valence-corrected chi connectivity index (χ1v) is 8.42. The molecule has 134 valence electrons. The lowest BCUT2D eigenvalue weighted by Gasteiger charge is -2.35. The number of piperidine rings is 1. The molecule has 0 radical (unpaired) electrons. The van der Waals surface area contributed by atoms with E-state index in [0.29, 0.717) is 13.0 Å². The molecule has 1 atom stereocenters. The van der Waals surface area contributed by atoms with Gasteiger partial charge in [-0.2, -0.15) is 0 Å². The number of hydrogen-bond donors (Lipinski definition) is 0. The van der Waals surface area contributed by atoms with Crippen LogP contribution >= 0.6 is 0 Å². The maximum atomic E-state index is 12.2. The third-order valence-corrected chi connectivity index (χ3v) is 3.13. The lowest BCUT2D eigenvalue weighted by Crippen LogP contribution is -2.50. The standard InChI is InChI=1S/C15H25NO5.C2H6/c1-5-20-13(18)10-12(17)11-8-6-7-9-16(11)14(19)21-15(2,3)4;1-2/h11H,5-10H2,1-4H3;1-2H3. The molecule has 0 aliphatic carbocycles. The van der Waals surface area contributed by atoms with Crippen LogP contribution in [0, 0.1) is 0 Å². The molecule has 23 heavy (non-hydrogen) atoms. The molecule has 0 aromatic rings. The molecule has 0 saturated carbocycles. The van der Waals surface area contributed by atoms with Gasteiger partial charge in [-0.3, -0.25) is 14.5 Å². The Morgan fingerprint density at radius 3 is 2.26 bits per heavy atom. The predicted octanol–water partition coefficient (Wildman–Crippen LogP) is 3.32. The van der Waals surface area contributed by atoms with Gasteiger partial charge in [-0.05, 0) is 47.0 Å². The second-order valence-electron chi connectivity index (χ2n) is 6.13. The van der Waals surface area contributed by atoms with E-state index in [9.17, 15) is 14.4 Å². The Hall–Kier alpha value is -1.59. The molecule has 0 aromatic heterocycles. The molecule has 1 amide bonds. The number of esters is 1. The summed E-state index contributed by atoms with van der Waals surface area (Å²) in [6.45, 7) is 11.8. The molecule has 6 heteroatoms. The number of carbonyl (C=O) groups is 3. The van der Waals surface area contributed by atoms with Crippen LogP contribution in [0.1, 0.15) is 67.2 Å². The molecule has 1 saturated heterocycles. The molecule has 1 aliphatic heterocycles. The van der Waals surface area contributed by atoms with Gasteiger partial charge < -0.3 is 9.47 Å². The summed E-state index contributed by atoms with van der Waals surface area (Å²) in [4.78, 5) is 37.3. The van der Waals surface area contributed by atoms with Crippen molar-refractivity contribution in [3.8, 4) is 0 Å². The SMILES string of the molecule is CC.CCOC(=O)CC(=O)C1CCCCN1C(=O)OC(C)(C)C. The Morgan fingerprint density at radius 2 is 1.74 bits per heavy atom. The van der Waals surface area contributed by atoms with Crippen LogP contribution in [-0.2, 0) is 19.1 Å². The molecule has 0 bridgehead atoms. The van der Waals surface area contributed by atoms with Gasteiger partial charge in [-0.1, -0.05) is 13.8 Å². The molecular formula is C17H31NO5. The van der Waals surface area contributed by atoms with E-state index >= 15 is 0 Å². The average Bonchev–Trinajstić information content (AvgIpc) is 2.47. The van der Waals surface area contributed by atoms with Crippen molar-refractivity contribution < 1.29 is 23.9 Å². The molecule has 0 spiro atoms. The second-order valence-corrected chi connectivity index (χ2v) is 6.13. The van der Waals surface area contributed by atoms with Gasteiger partial charge in [0.15, 0.2) is 5.78 Å². The lowest BCUT2D eigenvalue weighted by atomic mass is 9.97. The van der Waals surface area contributed by atoms with Crippen LogP contribution in [0.4, 0.5) is 4.79 Å². The molecule has 1 aliphatic rings. The Labute approximate surface area is 139 Å². The summed E-state index contributed by atoms with van der Waals surface area (Å²) in [7, 11) is 0. The van der Waals surface area contributed by atoms with E-state index in [0.717, 1.165) is 12.8 Å². The number of carbonyl (C=O) groups excluding carboxylic acids is 3. The maximum Gasteiger partial charge on any atom is 0.410 e. The molecular weight excluding hydrogens is 298 g/mol. The maximum absolute atomic E-state index is 12.2. The number of Topliss-reactive ketones (excluding diaryl/α,β-unsaturated/α-hetero) is 1. The zero-order valence-corrected chi connectivity index (χ0v) is 15.3. The normalized spacial score (nSPS) is 17.7. The van der Waals surface area contributed by atoms with Crippen LogP contribution in [-0.4, -0.2) is 47.5 Å². The zero-order chi connectivity index (χ0) is 18.0. The van der Waals surface area contributed by atoms with E-state index in [1.165, 1.54) is 4.90 Å². The number of ether oxygens (including phenoxy) is 2. The number of amides is 1. The fourth-order valence-electron chi connectivity index (χ4n) is 2.28. The molecule has 0 N–H and O–H groups in total. The summed E-state index contributed by atoms with van der Waals surface area (Å²) in [5.74, 6) is -0.823. The summed E-state index contributed by atoms with van der Waals surface area (Å²) < 4.78 is 10.1. The zero-order valence-electron chi connectivity index (χ0n) is 15.3. The number of hydrogen-bond acceptors (Lipinski definition) is 5. The third kappa shape index (κ3) is 8.00. The molecule has 1 heterocycles. The molecule has 1 unspecified atom stereocenters. The third-order valence-electron chi connectivity index (χ3n) is 3.13. The highest BCUT2D eigenvalue weighted by atomic mass is 16.6. The summed E-state index contributed by atoms with van der Waals surface area (Å²) >= 11 is 0. The number of likely N-dealkylation sites (tertiary alicyclic amines) is 1. The molecule has 1 rings (SSSR count). The van der Waals surface area contributed by atoms with E-state index in [1.807, 2.05) is 13.8 Å². The van der Waals surface area contributed by atoms with Gasteiger partial charge >= 0.3 is 12.1 Å². The van der Waals surface area contributed by atoms with Gasteiger partial charge in [-0.25, -0.2) is 4.79 Å². The fourth-order valence-corrected chi connectivity index (χ4v) is 2.28. The van der Waals surface area contributed by atoms with Crippen molar-refractivity contribution >= 4 is 17.8 Å². The second kappa shape index (κ2) is 10.2.